The molecule has 35 heavy (non-hydrogen) atoms. The van der Waals surface area contributed by atoms with Crippen LogP contribution < -0.4 is 10.8 Å². The summed E-state index contributed by atoms with van der Waals surface area (Å²) in [4.78, 5) is 55.1. The number of methoxy groups -OCH3 is 1. The van der Waals surface area contributed by atoms with Crippen LogP contribution in [0.1, 0.15) is 70.8 Å². The average Bonchev–Trinajstić information content (AvgIpc) is 2.86. The molecule has 2 aliphatic rings. The lowest BCUT2D eigenvalue weighted by Gasteiger charge is -2.34. The fourth-order valence-electron chi connectivity index (χ4n) is 5.01. The summed E-state index contributed by atoms with van der Waals surface area (Å²) in [5.41, 5.74) is 2.91. The maximum Gasteiger partial charge on any atom is 0.338 e. The Morgan fingerprint density at radius 3 is 2.40 bits per heavy atom. The van der Waals surface area contributed by atoms with E-state index in [0.717, 1.165) is 19.3 Å². The lowest BCUT2D eigenvalue weighted by atomic mass is 9.72. The number of non-ortho nitro benzene ring substituents is 1. The molecule has 1 aromatic carbocycles. The van der Waals surface area contributed by atoms with E-state index in [9.17, 15) is 24.5 Å². The van der Waals surface area contributed by atoms with Crippen molar-refractivity contribution in [3.63, 3.8) is 0 Å². The van der Waals surface area contributed by atoms with E-state index in [2.05, 4.69) is 10.8 Å². The minimum absolute atomic E-state index is 0.0958. The third-order valence-corrected chi connectivity index (χ3v) is 6.98. The molecule has 3 rings (SSSR count). The molecule has 1 amide bonds. The molecule has 1 aromatic rings. The predicted molar refractivity (Wildman–Crippen MR) is 126 cm³/mol. The topological polar surface area (TPSA) is 137 Å². The van der Waals surface area contributed by atoms with Gasteiger partial charge >= 0.3 is 11.9 Å². The molecule has 0 spiro atoms. The Balaban J connectivity index is 1.96. The highest BCUT2D eigenvalue weighted by Gasteiger charge is 2.41. The van der Waals surface area contributed by atoms with Crippen LogP contribution in [0.15, 0.2) is 46.8 Å². The molecule has 1 heterocycles. The van der Waals surface area contributed by atoms with E-state index in [1.807, 2.05) is 6.92 Å². The van der Waals surface area contributed by atoms with E-state index >= 15 is 0 Å². The molecule has 10 heteroatoms. The van der Waals surface area contributed by atoms with Gasteiger partial charge in [0.15, 0.2) is 0 Å². The molecule has 1 fully saturated rings. The summed E-state index contributed by atoms with van der Waals surface area (Å²) in [6.45, 7) is 5.23. The highest BCUT2D eigenvalue weighted by molar-refractivity contribution is 6.02. The maximum absolute atomic E-state index is 13.4. The number of benzene rings is 1. The number of hydroxylamine groups is 1. The summed E-state index contributed by atoms with van der Waals surface area (Å²) in [5, 5.41) is 14.4. The van der Waals surface area contributed by atoms with Gasteiger partial charge in [0.05, 0.1) is 34.5 Å². The van der Waals surface area contributed by atoms with Gasteiger partial charge in [-0.15, -0.1) is 0 Å². The van der Waals surface area contributed by atoms with Crippen molar-refractivity contribution in [3.05, 3.63) is 62.5 Å². The zero-order valence-electron chi connectivity index (χ0n) is 20.4. The first-order valence-electron chi connectivity index (χ1n) is 11.7. The second kappa shape index (κ2) is 10.7. The molecular formula is C25H31N3O7. The third kappa shape index (κ3) is 5.21. The van der Waals surface area contributed by atoms with Crippen molar-refractivity contribution in [2.75, 3.05) is 7.11 Å². The number of carbonyl (C=O) groups excluding carboxylic acids is 3. The first-order valence-corrected chi connectivity index (χ1v) is 11.7. The van der Waals surface area contributed by atoms with Gasteiger partial charge in [-0.05, 0) is 38.7 Å². The second-order valence-corrected chi connectivity index (χ2v) is 8.99. The summed E-state index contributed by atoms with van der Waals surface area (Å²) in [6, 6.07) is 5.72. The number of nitro benzene ring substituents is 1. The van der Waals surface area contributed by atoms with E-state index in [-0.39, 0.29) is 16.8 Å². The predicted octanol–water partition coefficient (Wildman–Crippen LogP) is 3.94. The first kappa shape index (κ1) is 25.9. The number of hydrogen-bond acceptors (Lipinski definition) is 8. The number of carbonyl (C=O) groups is 3. The van der Waals surface area contributed by atoms with Crippen LogP contribution in [0.4, 0.5) is 5.69 Å². The van der Waals surface area contributed by atoms with Crippen LogP contribution >= 0.6 is 0 Å². The van der Waals surface area contributed by atoms with Gasteiger partial charge in [-0.2, -0.15) is 5.48 Å². The number of nitro groups is 1. The van der Waals surface area contributed by atoms with Gasteiger partial charge in [-0.25, -0.2) is 9.59 Å². The average molecular weight is 486 g/mol. The van der Waals surface area contributed by atoms with Crippen LogP contribution in [-0.2, 0) is 24.0 Å². The van der Waals surface area contributed by atoms with E-state index in [1.54, 1.807) is 19.9 Å². The Kier molecular flexibility index (Phi) is 7.93. The van der Waals surface area contributed by atoms with Crippen molar-refractivity contribution in [3.8, 4) is 0 Å². The molecule has 0 bridgehead atoms. The van der Waals surface area contributed by atoms with Crippen LogP contribution in [0.5, 0.6) is 0 Å². The summed E-state index contributed by atoms with van der Waals surface area (Å²) >= 11 is 0. The summed E-state index contributed by atoms with van der Waals surface area (Å²) in [6.07, 6.45) is 4.92. The minimum atomic E-state index is -0.975. The van der Waals surface area contributed by atoms with Gasteiger partial charge in [0.25, 0.3) is 11.6 Å². The fraction of sp³-hybridized carbons (Fsp3) is 0.480. The van der Waals surface area contributed by atoms with Crippen molar-refractivity contribution in [1.29, 1.82) is 0 Å². The smallest absolute Gasteiger partial charge is 0.338 e. The van der Waals surface area contributed by atoms with Crippen molar-refractivity contribution < 1.29 is 28.9 Å². The van der Waals surface area contributed by atoms with Gasteiger partial charge in [0.1, 0.15) is 0 Å². The highest BCUT2D eigenvalue weighted by atomic mass is 16.7. The lowest BCUT2D eigenvalue weighted by molar-refractivity contribution is -0.384. The van der Waals surface area contributed by atoms with Gasteiger partial charge in [-0.1, -0.05) is 38.3 Å². The van der Waals surface area contributed by atoms with Crippen molar-refractivity contribution in [2.24, 2.45) is 5.41 Å². The van der Waals surface area contributed by atoms with Crippen LogP contribution in [0.3, 0.4) is 0 Å². The Morgan fingerprint density at radius 2 is 1.80 bits per heavy atom. The monoisotopic (exact) mass is 485 g/mol. The van der Waals surface area contributed by atoms with Gasteiger partial charge in [-0.3, -0.25) is 14.9 Å². The van der Waals surface area contributed by atoms with Crippen molar-refractivity contribution in [2.45, 2.75) is 65.2 Å². The molecule has 1 aliphatic heterocycles. The molecule has 2 N–H and O–H groups in total. The highest BCUT2D eigenvalue weighted by Crippen LogP contribution is 2.41. The molecule has 0 saturated heterocycles. The summed E-state index contributed by atoms with van der Waals surface area (Å²) < 4.78 is 4.95. The Hall–Kier alpha value is -3.69. The number of esters is 1. The van der Waals surface area contributed by atoms with E-state index in [1.165, 1.54) is 25.3 Å². The Morgan fingerprint density at radius 1 is 1.14 bits per heavy atom. The minimum Gasteiger partial charge on any atom is -0.466 e. The standard InChI is InChI=1S/C25H31N3O7/c1-5-25(12-7-6-8-13-25)24(31)35-27-22(29)19-15(2)26-16(3)20(23(30)34-4)21(19)17-10-9-11-18(14-17)28(32)33/h9-11,14,21,26H,5-8,12-13H2,1-4H3,(H,27,29). The summed E-state index contributed by atoms with van der Waals surface area (Å²) in [7, 11) is 1.22. The van der Waals surface area contributed by atoms with E-state index < -0.39 is 34.1 Å². The lowest BCUT2D eigenvalue weighted by Crippen LogP contribution is -2.41. The molecule has 1 saturated carbocycles. The normalized spacial score (nSPS) is 19.5. The Bertz CT molecular complexity index is 1100. The number of nitrogens with zero attached hydrogens (tertiary/aromatic N) is 1. The molecule has 1 unspecified atom stereocenters. The maximum atomic E-state index is 13.4. The molecule has 0 radical (unpaired) electrons. The third-order valence-electron chi connectivity index (χ3n) is 6.98. The number of allylic oxidation sites excluding steroid dienone is 2. The molecule has 1 aliphatic carbocycles. The Labute approximate surface area is 203 Å². The van der Waals surface area contributed by atoms with Crippen LogP contribution in [-0.4, -0.2) is 29.9 Å². The SMILES string of the molecule is CCC1(C(=O)ONC(=O)C2=C(C)NC(C)=C(C(=O)OC)C2c2cccc([N+](=O)[O-])c2)CCCCC1. The second-order valence-electron chi connectivity index (χ2n) is 8.99. The molecule has 10 nitrogen and oxygen atoms in total. The number of ether oxygens (including phenoxy) is 1. The van der Waals surface area contributed by atoms with Crippen LogP contribution in [0.2, 0.25) is 0 Å². The molecule has 188 valence electrons. The number of hydrogen-bond donors (Lipinski definition) is 2. The first-order chi connectivity index (χ1) is 16.6. The van der Waals surface area contributed by atoms with Gasteiger partial charge in [0, 0.05) is 23.5 Å². The number of nitrogens with one attached hydrogen (secondary N) is 2. The largest absolute Gasteiger partial charge is 0.466 e. The van der Waals surface area contributed by atoms with E-state index in [4.69, 9.17) is 9.57 Å². The molecular weight excluding hydrogens is 454 g/mol. The van der Waals surface area contributed by atoms with Crippen molar-refractivity contribution >= 4 is 23.5 Å². The zero-order valence-corrected chi connectivity index (χ0v) is 20.4. The number of dihydropyridines is 1. The summed E-state index contributed by atoms with van der Waals surface area (Å²) in [5.74, 6) is -2.87. The van der Waals surface area contributed by atoms with Gasteiger partial charge in [0.2, 0.25) is 0 Å². The fourth-order valence-corrected chi connectivity index (χ4v) is 5.01. The van der Waals surface area contributed by atoms with Crippen LogP contribution in [0.25, 0.3) is 0 Å². The van der Waals surface area contributed by atoms with E-state index in [0.29, 0.717) is 36.2 Å². The molecule has 1 atom stereocenters. The number of rotatable bonds is 6. The van der Waals surface area contributed by atoms with Crippen LogP contribution in [0, 0.1) is 15.5 Å². The molecule has 0 aromatic heterocycles. The number of amides is 1. The van der Waals surface area contributed by atoms with Crippen molar-refractivity contribution in [1.82, 2.24) is 10.8 Å². The quantitative estimate of drug-likeness (QED) is 0.351. The van der Waals surface area contributed by atoms with Gasteiger partial charge < -0.3 is 14.9 Å². The zero-order chi connectivity index (χ0) is 25.8.